The number of benzene rings is 1. The average Bonchev–Trinajstić information content (AvgIpc) is 2.88. The predicted molar refractivity (Wildman–Crippen MR) is 70.5 cm³/mol. The minimum atomic E-state index is -0.442. The molecule has 0 saturated heterocycles. The molecule has 1 heterocycles. The number of furan rings is 1. The SMILES string of the molecule is COC(=O)c1coc(CNc2ccc(O)c(Cl)c2)c1. The molecule has 0 saturated carbocycles. The number of phenols is 1. The Kier molecular flexibility index (Phi) is 3.97. The van der Waals surface area contributed by atoms with E-state index >= 15 is 0 Å². The van der Waals surface area contributed by atoms with E-state index in [-0.39, 0.29) is 10.8 Å². The number of carbonyl (C=O) groups is 1. The predicted octanol–water partition coefficient (Wildman–Crippen LogP) is 3.04. The number of rotatable bonds is 4. The Hall–Kier alpha value is -2.14. The molecule has 1 aromatic heterocycles. The lowest BCUT2D eigenvalue weighted by molar-refractivity contribution is 0.0600. The van der Waals surface area contributed by atoms with E-state index in [0.29, 0.717) is 17.9 Å². The van der Waals surface area contributed by atoms with Gasteiger partial charge in [0.25, 0.3) is 0 Å². The molecule has 0 spiro atoms. The smallest absolute Gasteiger partial charge is 0.341 e. The molecule has 5 nitrogen and oxygen atoms in total. The van der Waals surface area contributed by atoms with Crippen molar-refractivity contribution in [3.8, 4) is 5.75 Å². The van der Waals surface area contributed by atoms with E-state index in [9.17, 15) is 9.90 Å². The molecule has 0 unspecified atom stereocenters. The molecule has 2 aromatic rings. The number of ether oxygens (including phenoxy) is 1. The number of methoxy groups -OCH3 is 1. The summed E-state index contributed by atoms with van der Waals surface area (Å²) in [5.41, 5.74) is 1.10. The number of phenolic OH excluding ortho intramolecular Hbond substituents is 1. The van der Waals surface area contributed by atoms with E-state index in [1.807, 2.05) is 0 Å². The Morgan fingerprint density at radius 3 is 2.95 bits per heavy atom. The summed E-state index contributed by atoms with van der Waals surface area (Å²) in [6.45, 7) is 0.387. The maximum absolute atomic E-state index is 11.2. The molecule has 2 N–H and O–H groups in total. The van der Waals surface area contributed by atoms with Crippen molar-refractivity contribution in [2.24, 2.45) is 0 Å². The lowest BCUT2D eigenvalue weighted by atomic mass is 10.3. The van der Waals surface area contributed by atoms with Gasteiger partial charge in [-0.05, 0) is 24.3 Å². The molecule has 0 atom stereocenters. The molecule has 0 radical (unpaired) electrons. The van der Waals surface area contributed by atoms with Crippen LogP contribution < -0.4 is 5.32 Å². The summed E-state index contributed by atoms with van der Waals surface area (Å²) in [4.78, 5) is 11.2. The Bertz CT molecular complexity index is 594. The first-order valence-corrected chi connectivity index (χ1v) is 5.86. The molecule has 2 rings (SSSR count). The fourth-order valence-electron chi connectivity index (χ4n) is 1.50. The van der Waals surface area contributed by atoms with E-state index in [4.69, 9.17) is 16.0 Å². The number of anilines is 1. The highest BCUT2D eigenvalue weighted by Gasteiger charge is 2.10. The average molecular weight is 282 g/mol. The molecule has 6 heteroatoms. The van der Waals surface area contributed by atoms with Crippen LogP contribution in [-0.4, -0.2) is 18.2 Å². The summed E-state index contributed by atoms with van der Waals surface area (Å²) in [5.74, 6) is 0.172. The maximum atomic E-state index is 11.2. The molecule has 0 amide bonds. The fraction of sp³-hybridized carbons (Fsp3) is 0.154. The number of hydrogen-bond donors (Lipinski definition) is 2. The Labute approximate surface area is 114 Å². The van der Waals surface area contributed by atoms with Gasteiger partial charge in [-0.25, -0.2) is 4.79 Å². The summed E-state index contributed by atoms with van der Waals surface area (Å²) in [6.07, 6.45) is 1.34. The van der Waals surface area contributed by atoms with Gasteiger partial charge >= 0.3 is 5.97 Å². The molecule has 0 fully saturated rings. The highest BCUT2D eigenvalue weighted by Crippen LogP contribution is 2.26. The summed E-state index contributed by atoms with van der Waals surface area (Å²) < 4.78 is 9.79. The molecule has 0 aliphatic heterocycles. The van der Waals surface area contributed by atoms with Crippen molar-refractivity contribution < 1.29 is 19.1 Å². The third kappa shape index (κ3) is 3.20. The monoisotopic (exact) mass is 281 g/mol. The minimum absolute atomic E-state index is 0.0261. The molecule has 0 bridgehead atoms. The van der Waals surface area contributed by atoms with Crippen LogP contribution in [0.3, 0.4) is 0 Å². The van der Waals surface area contributed by atoms with Crippen LogP contribution in [0.1, 0.15) is 16.1 Å². The van der Waals surface area contributed by atoms with Gasteiger partial charge in [0, 0.05) is 5.69 Å². The van der Waals surface area contributed by atoms with E-state index in [0.717, 1.165) is 5.69 Å². The van der Waals surface area contributed by atoms with E-state index < -0.39 is 5.97 Å². The molecule has 0 aliphatic carbocycles. The van der Waals surface area contributed by atoms with Crippen LogP contribution in [0.15, 0.2) is 34.9 Å². The van der Waals surface area contributed by atoms with Crippen molar-refractivity contribution in [3.05, 3.63) is 46.9 Å². The van der Waals surface area contributed by atoms with Crippen molar-refractivity contribution in [2.75, 3.05) is 12.4 Å². The summed E-state index contributed by atoms with van der Waals surface area (Å²) in [7, 11) is 1.31. The molecular formula is C13H12ClNO4. The van der Waals surface area contributed by atoms with Gasteiger partial charge in [-0.2, -0.15) is 0 Å². The van der Waals surface area contributed by atoms with Crippen LogP contribution in [0.25, 0.3) is 0 Å². The molecule has 100 valence electrons. The molecule has 0 aliphatic rings. The van der Waals surface area contributed by atoms with Crippen molar-refractivity contribution in [1.29, 1.82) is 0 Å². The van der Waals surface area contributed by atoms with Gasteiger partial charge in [0.15, 0.2) is 0 Å². The second-order valence-corrected chi connectivity index (χ2v) is 4.22. The van der Waals surface area contributed by atoms with Crippen LogP contribution in [-0.2, 0) is 11.3 Å². The summed E-state index contributed by atoms with van der Waals surface area (Å²) in [6, 6.07) is 6.37. The van der Waals surface area contributed by atoms with Gasteiger partial charge in [-0.15, -0.1) is 0 Å². The second kappa shape index (κ2) is 5.67. The third-order valence-electron chi connectivity index (χ3n) is 2.49. The van der Waals surface area contributed by atoms with Crippen LogP contribution in [0.5, 0.6) is 5.75 Å². The van der Waals surface area contributed by atoms with Gasteiger partial charge in [-0.1, -0.05) is 11.6 Å². The quantitative estimate of drug-likeness (QED) is 0.666. The van der Waals surface area contributed by atoms with Crippen molar-refractivity contribution >= 4 is 23.3 Å². The van der Waals surface area contributed by atoms with Crippen LogP contribution in [0.4, 0.5) is 5.69 Å². The van der Waals surface area contributed by atoms with E-state index in [1.165, 1.54) is 19.4 Å². The largest absolute Gasteiger partial charge is 0.506 e. The van der Waals surface area contributed by atoms with E-state index in [2.05, 4.69) is 10.1 Å². The second-order valence-electron chi connectivity index (χ2n) is 3.81. The third-order valence-corrected chi connectivity index (χ3v) is 2.79. The van der Waals surface area contributed by atoms with Crippen LogP contribution >= 0.6 is 11.6 Å². The zero-order valence-electron chi connectivity index (χ0n) is 10.1. The summed E-state index contributed by atoms with van der Waals surface area (Å²) >= 11 is 5.79. The zero-order valence-corrected chi connectivity index (χ0v) is 10.9. The highest BCUT2D eigenvalue weighted by atomic mass is 35.5. The number of halogens is 1. The van der Waals surface area contributed by atoms with Crippen molar-refractivity contribution in [3.63, 3.8) is 0 Å². The number of carbonyl (C=O) groups excluding carboxylic acids is 1. The Morgan fingerprint density at radius 1 is 1.47 bits per heavy atom. The number of aromatic hydroxyl groups is 1. The normalized spacial score (nSPS) is 10.2. The number of esters is 1. The van der Waals surface area contributed by atoms with Crippen molar-refractivity contribution in [1.82, 2.24) is 0 Å². The van der Waals surface area contributed by atoms with Gasteiger partial charge in [-0.3, -0.25) is 0 Å². The topological polar surface area (TPSA) is 71.7 Å². The van der Waals surface area contributed by atoms with E-state index in [1.54, 1.807) is 18.2 Å². The van der Waals surface area contributed by atoms with Gasteiger partial charge in [0.2, 0.25) is 0 Å². The lowest BCUT2D eigenvalue weighted by Crippen LogP contribution is -2.00. The van der Waals surface area contributed by atoms with Crippen LogP contribution in [0, 0.1) is 0 Å². The zero-order chi connectivity index (χ0) is 13.8. The first-order valence-electron chi connectivity index (χ1n) is 5.48. The van der Waals surface area contributed by atoms with Crippen LogP contribution in [0.2, 0.25) is 5.02 Å². The van der Waals surface area contributed by atoms with Gasteiger partial charge < -0.3 is 19.6 Å². The fourth-order valence-corrected chi connectivity index (χ4v) is 1.68. The summed E-state index contributed by atoms with van der Waals surface area (Å²) in [5, 5.41) is 12.6. The Balaban J connectivity index is 2.00. The molecule has 1 aromatic carbocycles. The minimum Gasteiger partial charge on any atom is -0.506 e. The molecular weight excluding hydrogens is 270 g/mol. The highest BCUT2D eigenvalue weighted by molar-refractivity contribution is 6.32. The maximum Gasteiger partial charge on any atom is 0.341 e. The number of hydrogen-bond acceptors (Lipinski definition) is 5. The first kappa shape index (κ1) is 13.3. The Morgan fingerprint density at radius 2 is 2.26 bits per heavy atom. The van der Waals surface area contributed by atoms with Crippen molar-refractivity contribution in [2.45, 2.75) is 6.54 Å². The van der Waals surface area contributed by atoms with Gasteiger partial charge in [0.1, 0.15) is 17.8 Å². The van der Waals surface area contributed by atoms with Gasteiger partial charge in [0.05, 0.1) is 24.2 Å². The standard InChI is InChI=1S/C13H12ClNO4/c1-18-13(17)8-4-10(19-7-8)6-15-9-2-3-12(16)11(14)5-9/h2-5,7,15-16H,6H2,1H3. The first-order chi connectivity index (χ1) is 9.10. The number of nitrogens with one attached hydrogen (secondary N) is 1. The lowest BCUT2D eigenvalue weighted by Gasteiger charge is -2.05. The molecule has 19 heavy (non-hydrogen) atoms.